The molecule has 3 rings (SSSR count). The van der Waals surface area contributed by atoms with E-state index in [0.29, 0.717) is 0 Å². The number of benzene rings is 2. The van der Waals surface area contributed by atoms with Crippen molar-refractivity contribution in [1.29, 1.82) is 0 Å². The Bertz CT molecular complexity index is 754. The van der Waals surface area contributed by atoms with Gasteiger partial charge in [-0.25, -0.2) is 0 Å². The molecule has 0 fully saturated rings. The average Bonchev–Trinajstić information content (AvgIpc) is 2.87. The molecular formula is C15H13BrClN3. The minimum Gasteiger partial charge on any atom is -0.377 e. The Balaban J connectivity index is 1.92. The molecule has 3 aromatic rings. The number of para-hydroxylation sites is 1. The fourth-order valence-electron chi connectivity index (χ4n) is 2.25. The molecule has 2 aromatic carbocycles. The minimum atomic E-state index is 0.101. The second kappa shape index (κ2) is 5.46. The zero-order valence-corrected chi connectivity index (χ0v) is 13.2. The van der Waals surface area contributed by atoms with Crippen LogP contribution in [0.3, 0.4) is 0 Å². The maximum Gasteiger partial charge on any atom is 0.0881 e. The van der Waals surface area contributed by atoms with E-state index in [4.69, 9.17) is 11.6 Å². The number of rotatable bonds is 3. The van der Waals surface area contributed by atoms with E-state index in [-0.39, 0.29) is 6.04 Å². The largest absolute Gasteiger partial charge is 0.377 e. The quantitative estimate of drug-likeness (QED) is 0.685. The summed E-state index contributed by atoms with van der Waals surface area (Å²) in [5.74, 6) is 0. The van der Waals surface area contributed by atoms with Crippen molar-refractivity contribution in [2.45, 2.75) is 13.0 Å². The molecule has 0 bridgehead atoms. The standard InChI is InChI=1S/C15H13BrClN3/c1-9(12-6-5-11(16)7-13(12)17)19-14-4-2-3-10-8-18-20-15(10)14/h2-9,19H,1H3,(H,18,20). The highest BCUT2D eigenvalue weighted by molar-refractivity contribution is 9.10. The van der Waals surface area contributed by atoms with Gasteiger partial charge in [-0.2, -0.15) is 5.10 Å². The number of anilines is 1. The van der Waals surface area contributed by atoms with Crippen molar-refractivity contribution >= 4 is 44.1 Å². The molecule has 0 amide bonds. The highest BCUT2D eigenvalue weighted by atomic mass is 79.9. The van der Waals surface area contributed by atoms with Crippen molar-refractivity contribution in [3.63, 3.8) is 0 Å². The Labute approximate surface area is 130 Å². The topological polar surface area (TPSA) is 40.7 Å². The number of hydrogen-bond donors (Lipinski definition) is 2. The summed E-state index contributed by atoms with van der Waals surface area (Å²) >= 11 is 9.72. The summed E-state index contributed by atoms with van der Waals surface area (Å²) in [7, 11) is 0. The van der Waals surface area contributed by atoms with Crippen molar-refractivity contribution in [3.05, 3.63) is 57.7 Å². The van der Waals surface area contributed by atoms with E-state index in [1.54, 1.807) is 0 Å². The molecule has 1 atom stereocenters. The van der Waals surface area contributed by atoms with E-state index in [2.05, 4.69) is 38.4 Å². The van der Waals surface area contributed by atoms with Gasteiger partial charge in [0, 0.05) is 14.9 Å². The van der Waals surface area contributed by atoms with Crippen LogP contribution < -0.4 is 5.32 Å². The van der Waals surface area contributed by atoms with Gasteiger partial charge in [-0.05, 0) is 30.7 Å². The van der Waals surface area contributed by atoms with Gasteiger partial charge in [0.1, 0.15) is 0 Å². The first-order valence-electron chi connectivity index (χ1n) is 6.29. The lowest BCUT2D eigenvalue weighted by Gasteiger charge is -2.17. The molecule has 20 heavy (non-hydrogen) atoms. The molecule has 1 unspecified atom stereocenters. The van der Waals surface area contributed by atoms with Gasteiger partial charge < -0.3 is 5.32 Å². The van der Waals surface area contributed by atoms with E-state index >= 15 is 0 Å². The van der Waals surface area contributed by atoms with Crippen LogP contribution in [-0.4, -0.2) is 10.2 Å². The smallest absolute Gasteiger partial charge is 0.0881 e. The Morgan fingerprint density at radius 3 is 2.95 bits per heavy atom. The summed E-state index contributed by atoms with van der Waals surface area (Å²) < 4.78 is 0.981. The molecule has 0 aliphatic rings. The molecule has 0 aliphatic heterocycles. The number of hydrogen-bond acceptors (Lipinski definition) is 2. The third-order valence-corrected chi connectivity index (χ3v) is 4.10. The molecule has 0 spiro atoms. The number of H-pyrrole nitrogens is 1. The monoisotopic (exact) mass is 349 g/mol. The van der Waals surface area contributed by atoms with E-state index in [1.807, 2.05) is 42.6 Å². The second-order valence-electron chi connectivity index (χ2n) is 4.67. The predicted molar refractivity (Wildman–Crippen MR) is 87.3 cm³/mol. The number of halogens is 2. The number of nitrogens with one attached hydrogen (secondary N) is 2. The molecule has 0 saturated heterocycles. The molecular weight excluding hydrogens is 338 g/mol. The van der Waals surface area contributed by atoms with E-state index in [9.17, 15) is 0 Å². The van der Waals surface area contributed by atoms with Crippen molar-refractivity contribution in [3.8, 4) is 0 Å². The molecule has 5 heteroatoms. The molecule has 1 heterocycles. The van der Waals surface area contributed by atoms with Crippen molar-refractivity contribution in [2.24, 2.45) is 0 Å². The SMILES string of the molecule is CC(Nc1cccc2cn[nH]c12)c1ccc(Br)cc1Cl. The normalized spacial score (nSPS) is 12.6. The van der Waals surface area contributed by atoms with Crippen LogP contribution in [0.4, 0.5) is 5.69 Å². The van der Waals surface area contributed by atoms with Crippen LogP contribution in [0.25, 0.3) is 10.9 Å². The summed E-state index contributed by atoms with van der Waals surface area (Å²) in [6.07, 6.45) is 1.82. The van der Waals surface area contributed by atoms with Gasteiger partial charge in [-0.3, -0.25) is 5.10 Å². The first kappa shape index (κ1) is 13.5. The summed E-state index contributed by atoms with van der Waals surface area (Å²) in [4.78, 5) is 0. The zero-order chi connectivity index (χ0) is 14.1. The highest BCUT2D eigenvalue weighted by Gasteiger charge is 2.11. The summed E-state index contributed by atoms with van der Waals surface area (Å²) in [6, 6.07) is 12.1. The zero-order valence-electron chi connectivity index (χ0n) is 10.8. The molecule has 102 valence electrons. The van der Waals surface area contributed by atoms with Crippen LogP contribution in [0.1, 0.15) is 18.5 Å². The average molecular weight is 351 g/mol. The Morgan fingerprint density at radius 1 is 1.30 bits per heavy atom. The Hall–Kier alpha value is -1.52. The number of fused-ring (bicyclic) bond motifs is 1. The van der Waals surface area contributed by atoms with Crippen LogP contribution in [0.5, 0.6) is 0 Å². The van der Waals surface area contributed by atoms with Crippen molar-refractivity contribution in [1.82, 2.24) is 10.2 Å². The maximum atomic E-state index is 6.30. The fourth-order valence-corrected chi connectivity index (χ4v) is 3.09. The lowest BCUT2D eigenvalue weighted by molar-refractivity contribution is 0.885. The fraction of sp³-hybridized carbons (Fsp3) is 0.133. The van der Waals surface area contributed by atoms with E-state index in [0.717, 1.165) is 31.6 Å². The van der Waals surface area contributed by atoms with Gasteiger partial charge in [-0.1, -0.05) is 45.7 Å². The summed E-state index contributed by atoms with van der Waals surface area (Å²) in [5.41, 5.74) is 3.09. The number of aromatic nitrogens is 2. The highest BCUT2D eigenvalue weighted by Crippen LogP contribution is 2.30. The van der Waals surface area contributed by atoms with Gasteiger partial charge in [-0.15, -0.1) is 0 Å². The van der Waals surface area contributed by atoms with Gasteiger partial charge >= 0.3 is 0 Å². The first-order chi connectivity index (χ1) is 9.65. The van der Waals surface area contributed by atoms with E-state index in [1.165, 1.54) is 0 Å². The van der Waals surface area contributed by atoms with Crippen LogP contribution >= 0.6 is 27.5 Å². The summed E-state index contributed by atoms with van der Waals surface area (Å²) in [6.45, 7) is 2.09. The maximum absolute atomic E-state index is 6.30. The van der Waals surface area contributed by atoms with Gasteiger partial charge in [0.25, 0.3) is 0 Å². The molecule has 0 aliphatic carbocycles. The van der Waals surface area contributed by atoms with Crippen LogP contribution in [0, 0.1) is 0 Å². The lowest BCUT2D eigenvalue weighted by Crippen LogP contribution is -2.07. The second-order valence-corrected chi connectivity index (χ2v) is 5.99. The molecule has 0 saturated carbocycles. The Morgan fingerprint density at radius 2 is 2.15 bits per heavy atom. The molecule has 2 N–H and O–H groups in total. The van der Waals surface area contributed by atoms with Crippen molar-refractivity contribution < 1.29 is 0 Å². The minimum absolute atomic E-state index is 0.101. The van der Waals surface area contributed by atoms with Crippen molar-refractivity contribution in [2.75, 3.05) is 5.32 Å². The van der Waals surface area contributed by atoms with Gasteiger partial charge in [0.15, 0.2) is 0 Å². The lowest BCUT2D eigenvalue weighted by atomic mass is 10.1. The van der Waals surface area contributed by atoms with Crippen LogP contribution in [0.2, 0.25) is 5.02 Å². The van der Waals surface area contributed by atoms with Gasteiger partial charge in [0.2, 0.25) is 0 Å². The number of nitrogens with zero attached hydrogens (tertiary/aromatic N) is 1. The molecule has 3 nitrogen and oxygen atoms in total. The predicted octanol–water partition coefficient (Wildman–Crippen LogP) is 5.15. The Kier molecular flexibility index (Phi) is 3.68. The molecule has 1 aromatic heterocycles. The molecule has 0 radical (unpaired) electrons. The third-order valence-electron chi connectivity index (χ3n) is 3.28. The third kappa shape index (κ3) is 2.53. The van der Waals surface area contributed by atoms with Crippen LogP contribution in [-0.2, 0) is 0 Å². The number of aromatic amines is 1. The van der Waals surface area contributed by atoms with Gasteiger partial charge in [0.05, 0.1) is 23.4 Å². The first-order valence-corrected chi connectivity index (χ1v) is 7.46. The summed E-state index contributed by atoms with van der Waals surface area (Å²) in [5, 5.41) is 12.4. The van der Waals surface area contributed by atoms with E-state index < -0.39 is 0 Å². The van der Waals surface area contributed by atoms with Crippen LogP contribution in [0.15, 0.2) is 47.1 Å².